The van der Waals surface area contributed by atoms with E-state index in [0.717, 1.165) is 0 Å². The van der Waals surface area contributed by atoms with Gasteiger partial charge in [0.1, 0.15) is 0 Å². The number of hydrogen-bond acceptors (Lipinski definition) is 1. The van der Waals surface area contributed by atoms with E-state index in [-0.39, 0.29) is 5.94 Å². The van der Waals surface area contributed by atoms with Crippen molar-refractivity contribution < 1.29 is 0 Å². The largest absolute Gasteiger partial charge is 0.336 e. The second-order valence-electron chi connectivity index (χ2n) is 2.98. The van der Waals surface area contributed by atoms with Gasteiger partial charge in [0.05, 0.1) is 7.85 Å². The Morgan fingerprint density at radius 3 is 2.11 bits per heavy atom. The first kappa shape index (κ1) is 7.14. The highest BCUT2D eigenvalue weighted by Gasteiger charge is 2.15. The predicted octanol–water partition coefficient (Wildman–Crippen LogP) is 1.02. The molecule has 1 saturated carbocycles. The first-order valence-electron chi connectivity index (χ1n) is 3.82. The fourth-order valence-electron chi connectivity index (χ4n) is 1.52. The summed E-state index contributed by atoms with van der Waals surface area (Å²) in [6.45, 7) is 0. The maximum Gasteiger partial charge on any atom is 0.0906 e. The molecule has 1 fully saturated rings. The summed E-state index contributed by atoms with van der Waals surface area (Å²) in [6.07, 6.45) is 6.53. The molecule has 1 unspecified atom stereocenters. The van der Waals surface area contributed by atoms with E-state index in [9.17, 15) is 0 Å². The molecule has 0 aliphatic heterocycles. The number of nitrogens with two attached hydrogens (primary N) is 1. The summed E-state index contributed by atoms with van der Waals surface area (Å²) >= 11 is 0. The Labute approximate surface area is 58.4 Å². The summed E-state index contributed by atoms with van der Waals surface area (Å²) in [6, 6.07) is 0. The topological polar surface area (TPSA) is 26.0 Å². The third-order valence-electron chi connectivity index (χ3n) is 2.19. The standard InChI is InChI=1S/C7H14BN/c8-7(9)6-4-2-1-3-5-6/h6-7H,1-5,9H2. The van der Waals surface area contributed by atoms with Crippen LogP contribution in [-0.2, 0) is 0 Å². The van der Waals surface area contributed by atoms with Crippen LogP contribution in [0.5, 0.6) is 0 Å². The number of hydrogen-bond donors (Lipinski definition) is 1. The SMILES string of the molecule is [B]C(N)C1CCCCC1. The van der Waals surface area contributed by atoms with Crippen LogP contribution in [0.15, 0.2) is 0 Å². The normalized spacial score (nSPS) is 25.9. The molecule has 2 radical (unpaired) electrons. The molecule has 1 aliphatic carbocycles. The molecule has 0 heterocycles. The summed E-state index contributed by atoms with van der Waals surface area (Å²) in [5, 5.41) is 0. The van der Waals surface area contributed by atoms with Gasteiger partial charge < -0.3 is 5.73 Å². The monoisotopic (exact) mass is 123 g/mol. The maximum absolute atomic E-state index is 5.54. The van der Waals surface area contributed by atoms with Gasteiger partial charge in [-0.15, -0.1) is 0 Å². The van der Waals surface area contributed by atoms with Crippen molar-refractivity contribution in [2.45, 2.75) is 38.0 Å². The average molecular weight is 123 g/mol. The van der Waals surface area contributed by atoms with Crippen molar-refractivity contribution in [3.8, 4) is 0 Å². The van der Waals surface area contributed by atoms with Crippen molar-refractivity contribution in [3.05, 3.63) is 0 Å². The Morgan fingerprint density at radius 1 is 1.22 bits per heavy atom. The summed E-state index contributed by atoms with van der Waals surface area (Å²) < 4.78 is 0. The van der Waals surface area contributed by atoms with Gasteiger partial charge in [-0.2, -0.15) is 0 Å². The minimum atomic E-state index is -0.0645. The molecule has 50 valence electrons. The molecule has 0 aromatic carbocycles. The van der Waals surface area contributed by atoms with Gasteiger partial charge >= 0.3 is 0 Å². The van der Waals surface area contributed by atoms with E-state index in [1.807, 2.05) is 0 Å². The molecule has 9 heavy (non-hydrogen) atoms. The molecule has 1 atom stereocenters. The molecule has 1 rings (SSSR count). The second kappa shape index (κ2) is 3.26. The van der Waals surface area contributed by atoms with Gasteiger partial charge in [0, 0.05) is 0 Å². The van der Waals surface area contributed by atoms with E-state index in [2.05, 4.69) is 0 Å². The van der Waals surface area contributed by atoms with E-state index in [1.165, 1.54) is 32.1 Å². The minimum Gasteiger partial charge on any atom is -0.336 e. The summed E-state index contributed by atoms with van der Waals surface area (Å²) in [5.41, 5.74) is 5.54. The lowest BCUT2D eigenvalue weighted by atomic mass is 9.76. The van der Waals surface area contributed by atoms with E-state index < -0.39 is 0 Å². The smallest absolute Gasteiger partial charge is 0.0906 e. The van der Waals surface area contributed by atoms with Crippen LogP contribution in [0.4, 0.5) is 0 Å². The molecule has 0 bridgehead atoms. The fraction of sp³-hybridized carbons (Fsp3) is 1.00. The van der Waals surface area contributed by atoms with Crippen LogP contribution in [0.3, 0.4) is 0 Å². The Hall–Kier alpha value is 0.0249. The van der Waals surface area contributed by atoms with Gasteiger partial charge in [-0.25, -0.2) is 0 Å². The highest BCUT2D eigenvalue weighted by Crippen LogP contribution is 2.24. The summed E-state index contributed by atoms with van der Waals surface area (Å²) in [7, 11) is 5.54. The van der Waals surface area contributed by atoms with Crippen LogP contribution >= 0.6 is 0 Å². The molecule has 0 aromatic heterocycles. The van der Waals surface area contributed by atoms with Crippen molar-refractivity contribution in [2.75, 3.05) is 0 Å². The molecule has 1 nitrogen and oxygen atoms in total. The third-order valence-corrected chi connectivity index (χ3v) is 2.19. The predicted molar refractivity (Wildman–Crippen MR) is 40.3 cm³/mol. The fourth-order valence-corrected chi connectivity index (χ4v) is 1.52. The van der Waals surface area contributed by atoms with E-state index in [1.54, 1.807) is 0 Å². The van der Waals surface area contributed by atoms with Gasteiger partial charge in [-0.05, 0) is 24.7 Å². The van der Waals surface area contributed by atoms with Crippen molar-refractivity contribution in [1.29, 1.82) is 0 Å². The van der Waals surface area contributed by atoms with E-state index in [0.29, 0.717) is 5.92 Å². The van der Waals surface area contributed by atoms with Crippen LogP contribution in [0, 0.1) is 5.92 Å². The van der Waals surface area contributed by atoms with Gasteiger partial charge in [-0.1, -0.05) is 19.3 Å². The highest BCUT2D eigenvalue weighted by molar-refractivity contribution is 6.11. The van der Waals surface area contributed by atoms with Crippen LogP contribution in [0.25, 0.3) is 0 Å². The van der Waals surface area contributed by atoms with Crippen molar-refractivity contribution in [1.82, 2.24) is 0 Å². The molecule has 2 N–H and O–H groups in total. The first-order chi connectivity index (χ1) is 4.30. The lowest BCUT2D eigenvalue weighted by molar-refractivity contribution is 0.348. The van der Waals surface area contributed by atoms with Crippen molar-refractivity contribution in [2.24, 2.45) is 11.7 Å². The Bertz CT molecular complexity index is 77.0. The molecule has 0 amide bonds. The first-order valence-corrected chi connectivity index (χ1v) is 3.82. The van der Waals surface area contributed by atoms with Crippen LogP contribution < -0.4 is 5.73 Å². The zero-order valence-corrected chi connectivity index (χ0v) is 5.84. The van der Waals surface area contributed by atoms with E-state index >= 15 is 0 Å². The van der Waals surface area contributed by atoms with Crippen molar-refractivity contribution in [3.63, 3.8) is 0 Å². The second-order valence-corrected chi connectivity index (χ2v) is 2.98. The molecule has 0 aromatic rings. The Kier molecular flexibility index (Phi) is 2.58. The summed E-state index contributed by atoms with van der Waals surface area (Å²) in [5.74, 6) is 0.545. The lowest BCUT2D eigenvalue weighted by Crippen LogP contribution is -2.31. The summed E-state index contributed by atoms with van der Waals surface area (Å²) in [4.78, 5) is 0. The van der Waals surface area contributed by atoms with Crippen LogP contribution in [0.2, 0.25) is 0 Å². The molecule has 0 saturated heterocycles. The maximum atomic E-state index is 5.54. The highest BCUT2D eigenvalue weighted by atomic mass is 14.6. The Morgan fingerprint density at radius 2 is 1.78 bits per heavy atom. The van der Waals surface area contributed by atoms with Crippen LogP contribution in [-0.4, -0.2) is 13.8 Å². The molecule has 2 heteroatoms. The van der Waals surface area contributed by atoms with Crippen LogP contribution in [0.1, 0.15) is 32.1 Å². The molecular formula is C7H14BN. The van der Waals surface area contributed by atoms with E-state index in [4.69, 9.17) is 13.6 Å². The number of rotatable bonds is 1. The minimum absolute atomic E-state index is 0.0645. The quantitative estimate of drug-likeness (QED) is 0.517. The van der Waals surface area contributed by atoms with Gasteiger partial charge in [-0.3, -0.25) is 0 Å². The molecular weight excluding hydrogens is 109 g/mol. The molecule has 0 spiro atoms. The van der Waals surface area contributed by atoms with Gasteiger partial charge in [0.15, 0.2) is 0 Å². The third kappa shape index (κ3) is 2.01. The van der Waals surface area contributed by atoms with Gasteiger partial charge in [0.2, 0.25) is 0 Å². The Balaban J connectivity index is 2.23. The lowest BCUT2D eigenvalue weighted by Gasteiger charge is -2.24. The zero-order chi connectivity index (χ0) is 6.69. The average Bonchev–Trinajstić information content (AvgIpc) is 1.90. The van der Waals surface area contributed by atoms with Gasteiger partial charge in [0.25, 0.3) is 0 Å². The molecule has 1 aliphatic rings. The zero-order valence-electron chi connectivity index (χ0n) is 5.84. The van der Waals surface area contributed by atoms with Crippen molar-refractivity contribution >= 4 is 7.85 Å².